The maximum Gasteiger partial charge on any atom is 0.308 e. The van der Waals surface area contributed by atoms with Gasteiger partial charge in [-0.3, -0.25) is 9.59 Å². The van der Waals surface area contributed by atoms with Gasteiger partial charge in [0.2, 0.25) is 5.91 Å². The second-order valence-electron chi connectivity index (χ2n) is 4.88. The molecule has 3 unspecified atom stereocenters. The fourth-order valence-electron chi connectivity index (χ4n) is 1.92. The monoisotopic (exact) mass is 279 g/mol. The Balaban J connectivity index is 2.89. The van der Waals surface area contributed by atoms with E-state index in [1.807, 2.05) is 30.3 Å². The number of amides is 1. The largest absolute Gasteiger partial charge is 0.481 e. The number of carboxylic acids is 1. The van der Waals surface area contributed by atoms with Crippen LogP contribution in [0.4, 0.5) is 0 Å². The summed E-state index contributed by atoms with van der Waals surface area (Å²) in [6.07, 6.45) is 0. The number of carboxylic acid groups (broad SMARTS) is 1. The lowest BCUT2D eigenvalue weighted by Crippen LogP contribution is -2.39. The number of hydrogen-bond acceptors (Lipinski definition) is 3. The van der Waals surface area contributed by atoms with Crippen molar-refractivity contribution in [1.82, 2.24) is 5.32 Å². The summed E-state index contributed by atoms with van der Waals surface area (Å²) >= 11 is 0. The summed E-state index contributed by atoms with van der Waals surface area (Å²) in [5, 5.41) is 12.0. The number of rotatable bonds is 7. The summed E-state index contributed by atoms with van der Waals surface area (Å²) in [5.74, 6) is -2.20. The SMILES string of the molecule is COCC(C)C(=O)NC(c1ccccc1)C(C)C(=O)O. The van der Waals surface area contributed by atoms with Crippen molar-refractivity contribution >= 4 is 11.9 Å². The Morgan fingerprint density at radius 3 is 2.35 bits per heavy atom. The number of ether oxygens (including phenoxy) is 1. The molecular weight excluding hydrogens is 258 g/mol. The van der Waals surface area contributed by atoms with E-state index >= 15 is 0 Å². The fraction of sp³-hybridized carbons (Fsp3) is 0.467. The van der Waals surface area contributed by atoms with Gasteiger partial charge in [0.05, 0.1) is 24.5 Å². The third kappa shape index (κ3) is 4.35. The summed E-state index contributed by atoms with van der Waals surface area (Å²) in [6.45, 7) is 3.63. The zero-order chi connectivity index (χ0) is 15.1. The number of benzene rings is 1. The fourth-order valence-corrected chi connectivity index (χ4v) is 1.92. The van der Waals surface area contributed by atoms with Crippen molar-refractivity contribution in [1.29, 1.82) is 0 Å². The van der Waals surface area contributed by atoms with Crippen LogP contribution in [0, 0.1) is 11.8 Å². The highest BCUT2D eigenvalue weighted by atomic mass is 16.5. The molecule has 1 aromatic rings. The van der Waals surface area contributed by atoms with E-state index in [2.05, 4.69) is 5.32 Å². The highest BCUT2D eigenvalue weighted by Crippen LogP contribution is 2.22. The number of aliphatic carboxylic acids is 1. The van der Waals surface area contributed by atoms with E-state index in [1.165, 1.54) is 7.11 Å². The quantitative estimate of drug-likeness (QED) is 0.798. The first-order chi connectivity index (χ1) is 9.47. The molecule has 0 bridgehead atoms. The van der Waals surface area contributed by atoms with Crippen molar-refractivity contribution in [3.8, 4) is 0 Å². The number of carbonyl (C=O) groups is 2. The summed E-state index contributed by atoms with van der Waals surface area (Å²) in [6, 6.07) is 8.56. The number of methoxy groups -OCH3 is 1. The molecule has 0 aliphatic carbocycles. The van der Waals surface area contributed by atoms with Gasteiger partial charge in [0.1, 0.15) is 0 Å². The van der Waals surface area contributed by atoms with Crippen LogP contribution in [0.3, 0.4) is 0 Å². The second kappa shape index (κ2) is 7.65. The van der Waals surface area contributed by atoms with Crippen molar-refractivity contribution in [2.24, 2.45) is 11.8 Å². The van der Waals surface area contributed by atoms with E-state index < -0.39 is 17.9 Å². The predicted octanol–water partition coefficient (Wildman–Crippen LogP) is 1.85. The summed E-state index contributed by atoms with van der Waals surface area (Å²) in [4.78, 5) is 23.3. The van der Waals surface area contributed by atoms with Gasteiger partial charge in [-0.2, -0.15) is 0 Å². The van der Waals surface area contributed by atoms with Crippen LogP contribution in [-0.2, 0) is 14.3 Å². The Morgan fingerprint density at radius 1 is 1.25 bits per heavy atom. The van der Waals surface area contributed by atoms with E-state index in [-0.39, 0.29) is 11.8 Å². The van der Waals surface area contributed by atoms with Crippen molar-refractivity contribution in [2.75, 3.05) is 13.7 Å². The normalized spacial score (nSPS) is 15.2. The molecule has 0 spiro atoms. The number of hydrogen-bond donors (Lipinski definition) is 2. The third-order valence-corrected chi connectivity index (χ3v) is 3.21. The standard InChI is InChI=1S/C15H21NO4/c1-10(9-20-3)14(17)16-13(11(2)15(18)19)12-7-5-4-6-8-12/h4-8,10-11,13H,9H2,1-3H3,(H,16,17)(H,18,19). The maximum absolute atomic E-state index is 12.1. The first kappa shape index (κ1) is 16.2. The molecule has 1 aromatic carbocycles. The lowest BCUT2D eigenvalue weighted by Gasteiger charge is -2.24. The van der Waals surface area contributed by atoms with Gasteiger partial charge >= 0.3 is 5.97 Å². The minimum absolute atomic E-state index is 0.214. The molecule has 0 radical (unpaired) electrons. The van der Waals surface area contributed by atoms with Gasteiger partial charge in [-0.05, 0) is 12.5 Å². The molecule has 1 rings (SSSR count). The lowest BCUT2D eigenvalue weighted by atomic mass is 9.94. The molecule has 5 heteroatoms. The Hall–Kier alpha value is -1.88. The number of nitrogens with one attached hydrogen (secondary N) is 1. The van der Waals surface area contributed by atoms with E-state index in [0.29, 0.717) is 6.61 Å². The Kier molecular flexibility index (Phi) is 6.18. The van der Waals surface area contributed by atoms with Crippen LogP contribution in [0.5, 0.6) is 0 Å². The highest BCUT2D eigenvalue weighted by Gasteiger charge is 2.28. The van der Waals surface area contributed by atoms with Gasteiger partial charge in [0.15, 0.2) is 0 Å². The van der Waals surface area contributed by atoms with Crippen LogP contribution in [0.2, 0.25) is 0 Å². The summed E-state index contributed by atoms with van der Waals surface area (Å²) < 4.78 is 4.94. The molecule has 20 heavy (non-hydrogen) atoms. The summed E-state index contributed by atoms with van der Waals surface area (Å²) in [5.41, 5.74) is 0.778. The molecule has 0 saturated carbocycles. The van der Waals surface area contributed by atoms with Gasteiger partial charge in [-0.15, -0.1) is 0 Å². The van der Waals surface area contributed by atoms with Gasteiger partial charge in [0, 0.05) is 7.11 Å². The van der Waals surface area contributed by atoms with E-state index in [9.17, 15) is 14.7 Å². The average Bonchev–Trinajstić information content (AvgIpc) is 2.44. The Labute approximate surface area is 118 Å². The molecule has 0 aliphatic rings. The van der Waals surface area contributed by atoms with Crippen LogP contribution in [0.15, 0.2) is 30.3 Å². The minimum atomic E-state index is -0.946. The molecule has 0 saturated heterocycles. The molecule has 1 amide bonds. The van der Waals surface area contributed by atoms with E-state index in [4.69, 9.17) is 4.74 Å². The van der Waals surface area contributed by atoms with Crippen LogP contribution in [0.25, 0.3) is 0 Å². The van der Waals surface area contributed by atoms with Gasteiger partial charge in [-0.25, -0.2) is 0 Å². The Bertz CT molecular complexity index is 446. The van der Waals surface area contributed by atoms with Gasteiger partial charge in [0.25, 0.3) is 0 Å². The molecular formula is C15H21NO4. The molecule has 110 valence electrons. The van der Waals surface area contributed by atoms with E-state index in [1.54, 1.807) is 13.8 Å². The maximum atomic E-state index is 12.1. The lowest BCUT2D eigenvalue weighted by molar-refractivity contribution is -0.142. The van der Waals surface area contributed by atoms with Crippen molar-refractivity contribution in [2.45, 2.75) is 19.9 Å². The number of carbonyl (C=O) groups excluding carboxylic acids is 1. The minimum Gasteiger partial charge on any atom is -0.481 e. The first-order valence-corrected chi connectivity index (χ1v) is 6.54. The van der Waals surface area contributed by atoms with Gasteiger partial charge in [-0.1, -0.05) is 37.3 Å². The molecule has 3 atom stereocenters. The van der Waals surface area contributed by atoms with Crippen LogP contribution < -0.4 is 5.32 Å². The van der Waals surface area contributed by atoms with E-state index in [0.717, 1.165) is 5.56 Å². The topological polar surface area (TPSA) is 75.6 Å². The highest BCUT2D eigenvalue weighted by molar-refractivity contribution is 5.80. The molecule has 0 aromatic heterocycles. The zero-order valence-electron chi connectivity index (χ0n) is 12.0. The molecule has 5 nitrogen and oxygen atoms in total. The van der Waals surface area contributed by atoms with Crippen molar-refractivity contribution in [3.63, 3.8) is 0 Å². The molecule has 0 fully saturated rings. The zero-order valence-corrected chi connectivity index (χ0v) is 12.0. The Morgan fingerprint density at radius 2 is 1.85 bits per heavy atom. The van der Waals surface area contributed by atoms with Crippen molar-refractivity contribution < 1.29 is 19.4 Å². The third-order valence-electron chi connectivity index (χ3n) is 3.21. The van der Waals surface area contributed by atoms with Crippen LogP contribution >= 0.6 is 0 Å². The smallest absolute Gasteiger partial charge is 0.308 e. The van der Waals surface area contributed by atoms with Crippen molar-refractivity contribution in [3.05, 3.63) is 35.9 Å². The second-order valence-corrected chi connectivity index (χ2v) is 4.88. The predicted molar refractivity (Wildman–Crippen MR) is 75.2 cm³/mol. The van der Waals surface area contributed by atoms with Crippen LogP contribution in [-0.4, -0.2) is 30.7 Å². The first-order valence-electron chi connectivity index (χ1n) is 6.54. The van der Waals surface area contributed by atoms with Crippen LogP contribution in [0.1, 0.15) is 25.5 Å². The average molecular weight is 279 g/mol. The molecule has 2 N–H and O–H groups in total. The van der Waals surface area contributed by atoms with Gasteiger partial charge < -0.3 is 15.2 Å². The molecule has 0 heterocycles. The summed E-state index contributed by atoms with van der Waals surface area (Å²) in [7, 11) is 1.53. The molecule has 0 aliphatic heterocycles.